The minimum atomic E-state index is -5.08. The predicted molar refractivity (Wildman–Crippen MR) is 109 cm³/mol. The summed E-state index contributed by atoms with van der Waals surface area (Å²) in [7, 11) is 3.57. The largest absolute Gasteiger partial charge is 0.490 e. The lowest BCUT2D eigenvalue weighted by Crippen LogP contribution is -2.51. The summed E-state index contributed by atoms with van der Waals surface area (Å²) >= 11 is 0. The van der Waals surface area contributed by atoms with Crippen LogP contribution >= 0.6 is 0 Å². The smallest absolute Gasteiger partial charge is 0.475 e. The third-order valence-electron chi connectivity index (χ3n) is 5.42. The van der Waals surface area contributed by atoms with Crippen LogP contribution in [0.3, 0.4) is 0 Å². The van der Waals surface area contributed by atoms with E-state index in [2.05, 4.69) is 40.5 Å². The van der Waals surface area contributed by atoms with Crippen molar-refractivity contribution in [3.05, 3.63) is 35.9 Å². The Balaban J connectivity index is 0.000000423. The van der Waals surface area contributed by atoms with Crippen molar-refractivity contribution in [2.24, 2.45) is 0 Å². The van der Waals surface area contributed by atoms with E-state index in [1.54, 1.807) is 19.0 Å². The fourth-order valence-corrected chi connectivity index (χ4v) is 3.79. The SMILES string of the molecule is CN(C)C(=O)N[C@H]1CCO[C@]2(CCN(CCc3ccccc3)C2)C1.O=C(O)C(F)(F)F. The Morgan fingerprint density at radius 3 is 2.52 bits per heavy atom. The van der Waals surface area contributed by atoms with Gasteiger partial charge in [0.05, 0.1) is 5.60 Å². The molecule has 10 heteroatoms. The molecule has 1 aromatic rings. The van der Waals surface area contributed by atoms with E-state index in [0.29, 0.717) is 0 Å². The highest BCUT2D eigenvalue weighted by molar-refractivity contribution is 5.74. The van der Waals surface area contributed by atoms with Crippen LogP contribution in [0.15, 0.2) is 30.3 Å². The van der Waals surface area contributed by atoms with E-state index in [0.717, 1.165) is 51.9 Å². The van der Waals surface area contributed by atoms with Crippen LogP contribution in [0.25, 0.3) is 0 Å². The highest BCUT2D eigenvalue weighted by Gasteiger charge is 2.43. The molecule has 2 heterocycles. The maximum Gasteiger partial charge on any atom is 0.490 e. The minimum Gasteiger partial charge on any atom is -0.475 e. The van der Waals surface area contributed by atoms with Crippen molar-refractivity contribution in [2.45, 2.75) is 43.5 Å². The number of nitrogens with zero attached hydrogens (tertiary/aromatic N) is 2. The molecule has 2 N–H and O–H groups in total. The fraction of sp³-hybridized carbons (Fsp3) is 0.619. The van der Waals surface area contributed by atoms with Gasteiger partial charge in [0.2, 0.25) is 0 Å². The number of aliphatic carboxylic acids is 1. The molecule has 0 saturated carbocycles. The third-order valence-corrected chi connectivity index (χ3v) is 5.42. The first-order chi connectivity index (χ1) is 14.5. The normalized spacial score (nSPS) is 23.7. The molecule has 2 fully saturated rings. The molecule has 31 heavy (non-hydrogen) atoms. The molecule has 174 valence electrons. The van der Waals surface area contributed by atoms with Crippen LogP contribution in [-0.2, 0) is 16.0 Å². The van der Waals surface area contributed by atoms with Crippen LogP contribution in [0.1, 0.15) is 24.8 Å². The molecule has 2 aliphatic heterocycles. The zero-order valence-electron chi connectivity index (χ0n) is 17.8. The Hall–Kier alpha value is -2.33. The van der Waals surface area contributed by atoms with Crippen LogP contribution in [0.2, 0.25) is 0 Å². The first kappa shape index (κ1) is 24.9. The topological polar surface area (TPSA) is 82.1 Å². The Labute approximate surface area is 180 Å². The number of nitrogens with one attached hydrogen (secondary N) is 1. The van der Waals surface area contributed by atoms with Crippen molar-refractivity contribution in [3.63, 3.8) is 0 Å². The minimum absolute atomic E-state index is 0.00372. The molecule has 0 radical (unpaired) electrons. The zero-order valence-corrected chi connectivity index (χ0v) is 17.8. The molecule has 2 amide bonds. The molecular weight excluding hydrogens is 415 g/mol. The molecule has 1 aromatic carbocycles. The molecule has 2 atom stereocenters. The lowest BCUT2D eigenvalue weighted by molar-refractivity contribution is -0.192. The van der Waals surface area contributed by atoms with E-state index in [-0.39, 0.29) is 17.7 Å². The number of hydrogen-bond donors (Lipinski definition) is 2. The maximum atomic E-state index is 11.9. The van der Waals surface area contributed by atoms with E-state index in [1.807, 2.05) is 0 Å². The van der Waals surface area contributed by atoms with Gasteiger partial charge in [-0.25, -0.2) is 9.59 Å². The number of ether oxygens (including phenoxy) is 1. The summed E-state index contributed by atoms with van der Waals surface area (Å²) in [4.78, 5) is 24.9. The summed E-state index contributed by atoms with van der Waals surface area (Å²) in [5.74, 6) is -2.76. The van der Waals surface area contributed by atoms with Gasteiger partial charge in [-0.1, -0.05) is 30.3 Å². The van der Waals surface area contributed by atoms with Gasteiger partial charge in [0, 0.05) is 46.4 Å². The van der Waals surface area contributed by atoms with Gasteiger partial charge in [-0.3, -0.25) is 0 Å². The molecule has 0 aromatic heterocycles. The standard InChI is InChI=1S/C19H29N3O2.C2HF3O2/c1-21(2)18(23)20-17-9-13-24-19(14-17)10-12-22(15-19)11-8-16-6-4-3-5-7-16;3-2(4,5)1(6)7/h3-7,17H,8-15H2,1-2H3,(H,20,23);(H,6,7)/t17-,19+;/m0./s1. The average molecular weight is 445 g/mol. The summed E-state index contributed by atoms with van der Waals surface area (Å²) < 4.78 is 37.9. The Kier molecular flexibility index (Phi) is 8.69. The van der Waals surface area contributed by atoms with E-state index in [9.17, 15) is 18.0 Å². The fourth-order valence-electron chi connectivity index (χ4n) is 3.79. The Morgan fingerprint density at radius 2 is 1.94 bits per heavy atom. The van der Waals surface area contributed by atoms with Gasteiger partial charge in [0.1, 0.15) is 0 Å². The van der Waals surface area contributed by atoms with Crippen molar-refractivity contribution in [3.8, 4) is 0 Å². The number of halogens is 3. The van der Waals surface area contributed by atoms with Crippen molar-refractivity contribution in [1.29, 1.82) is 0 Å². The third kappa shape index (κ3) is 8.02. The molecule has 0 unspecified atom stereocenters. The van der Waals surface area contributed by atoms with Crippen LogP contribution in [0, 0.1) is 0 Å². The number of benzene rings is 1. The summed E-state index contributed by atoms with van der Waals surface area (Å²) in [6, 6.07) is 10.9. The summed E-state index contributed by atoms with van der Waals surface area (Å²) in [6.45, 7) is 3.88. The van der Waals surface area contributed by atoms with E-state index in [4.69, 9.17) is 14.6 Å². The highest BCUT2D eigenvalue weighted by Crippen LogP contribution is 2.34. The molecule has 2 aliphatic rings. The number of rotatable bonds is 4. The number of carbonyl (C=O) groups is 2. The molecule has 0 aliphatic carbocycles. The number of carbonyl (C=O) groups excluding carboxylic acids is 1. The second-order valence-electron chi connectivity index (χ2n) is 8.13. The zero-order chi connectivity index (χ0) is 23.1. The lowest BCUT2D eigenvalue weighted by Gasteiger charge is -2.38. The average Bonchev–Trinajstić information content (AvgIpc) is 3.09. The van der Waals surface area contributed by atoms with Crippen LogP contribution < -0.4 is 5.32 Å². The number of carboxylic acids is 1. The molecule has 3 rings (SSSR count). The van der Waals surface area contributed by atoms with Crippen LogP contribution in [-0.4, -0.2) is 85.1 Å². The monoisotopic (exact) mass is 445 g/mol. The number of likely N-dealkylation sites (tertiary alicyclic amines) is 1. The number of carboxylic acid groups (broad SMARTS) is 1. The van der Waals surface area contributed by atoms with Crippen LogP contribution in [0.4, 0.5) is 18.0 Å². The van der Waals surface area contributed by atoms with Gasteiger partial charge >= 0.3 is 18.2 Å². The first-order valence-corrected chi connectivity index (χ1v) is 10.2. The lowest BCUT2D eigenvalue weighted by atomic mass is 9.89. The molecular formula is C21H30F3N3O4. The van der Waals surface area contributed by atoms with Gasteiger partial charge in [0.15, 0.2) is 0 Å². The van der Waals surface area contributed by atoms with Crippen molar-refractivity contribution in [1.82, 2.24) is 15.1 Å². The van der Waals surface area contributed by atoms with Gasteiger partial charge in [-0.2, -0.15) is 13.2 Å². The van der Waals surface area contributed by atoms with Gasteiger partial charge in [0.25, 0.3) is 0 Å². The molecule has 2 saturated heterocycles. The first-order valence-electron chi connectivity index (χ1n) is 10.2. The number of alkyl halides is 3. The van der Waals surface area contributed by atoms with E-state index >= 15 is 0 Å². The van der Waals surface area contributed by atoms with Crippen molar-refractivity contribution in [2.75, 3.05) is 40.3 Å². The summed E-state index contributed by atoms with van der Waals surface area (Å²) in [5, 5.41) is 10.3. The highest BCUT2D eigenvalue weighted by atomic mass is 19.4. The summed E-state index contributed by atoms with van der Waals surface area (Å²) in [5.41, 5.74) is 1.32. The quantitative estimate of drug-likeness (QED) is 0.745. The number of urea groups is 1. The second kappa shape index (κ2) is 10.8. The molecule has 1 spiro atoms. The number of hydrogen-bond acceptors (Lipinski definition) is 4. The van der Waals surface area contributed by atoms with E-state index < -0.39 is 12.1 Å². The van der Waals surface area contributed by atoms with Gasteiger partial charge < -0.3 is 25.0 Å². The van der Waals surface area contributed by atoms with Gasteiger partial charge in [-0.15, -0.1) is 0 Å². The predicted octanol–water partition coefficient (Wildman–Crippen LogP) is 2.76. The Bertz CT molecular complexity index is 730. The van der Waals surface area contributed by atoms with Crippen molar-refractivity contribution >= 4 is 12.0 Å². The molecule has 0 bridgehead atoms. The van der Waals surface area contributed by atoms with E-state index in [1.165, 1.54) is 5.56 Å². The number of amides is 2. The van der Waals surface area contributed by atoms with Crippen LogP contribution in [0.5, 0.6) is 0 Å². The summed E-state index contributed by atoms with van der Waals surface area (Å²) in [6.07, 6.45) is -1.10. The Morgan fingerprint density at radius 1 is 1.29 bits per heavy atom. The van der Waals surface area contributed by atoms with Crippen molar-refractivity contribution < 1.29 is 32.6 Å². The van der Waals surface area contributed by atoms with Gasteiger partial charge in [-0.05, 0) is 31.2 Å². The maximum absolute atomic E-state index is 11.9. The second-order valence-corrected chi connectivity index (χ2v) is 8.13. The molecule has 7 nitrogen and oxygen atoms in total.